The molecule has 3 aromatic rings. The topological polar surface area (TPSA) is 49.4 Å². The Morgan fingerprint density at radius 2 is 1.12 bits per heavy atom. The van der Waals surface area contributed by atoms with Crippen LogP contribution in [0.3, 0.4) is 0 Å². The van der Waals surface area contributed by atoms with E-state index in [4.69, 9.17) is 0 Å². The van der Waals surface area contributed by atoms with Gasteiger partial charge in [0.25, 0.3) is 11.8 Å². The van der Waals surface area contributed by atoms with Crippen LogP contribution in [0.1, 0.15) is 58.2 Å². The maximum absolute atomic E-state index is 13.6. The van der Waals surface area contributed by atoms with Gasteiger partial charge in [-0.3, -0.25) is 9.59 Å². The van der Waals surface area contributed by atoms with Gasteiger partial charge in [-0.15, -0.1) is 0 Å². The fourth-order valence-electron chi connectivity index (χ4n) is 4.06. The van der Waals surface area contributed by atoms with Crippen molar-refractivity contribution >= 4 is 28.8 Å². The van der Waals surface area contributed by atoms with Gasteiger partial charge in [0, 0.05) is 5.69 Å². The van der Waals surface area contributed by atoms with Gasteiger partial charge in [-0.1, -0.05) is 96.1 Å². The molecule has 4 nitrogen and oxygen atoms in total. The second-order valence-corrected chi connectivity index (χ2v) is 10.8. The molecule has 34 heavy (non-hydrogen) atoms. The molecule has 4 heteroatoms. The molecule has 4 rings (SSSR count). The molecule has 0 radical (unpaired) electrons. The van der Waals surface area contributed by atoms with Gasteiger partial charge in [-0.2, -0.15) is 0 Å². The molecule has 0 spiro atoms. The quantitative estimate of drug-likeness (QED) is 0.449. The Hall–Kier alpha value is -3.66. The highest BCUT2D eigenvalue weighted by atomic mass is 16.2. The highest BCUT2D eigenvalue weighted by Crippen LogP contribution is 2.35. The molecule has 1 aliphatic rings. The second kappa shape index (κ2) is 8.60. The number of rotatable bonds is 4. The summed E-state index contributed by atoms with van der Waals surface area (Å²) >= 11 is 0. The van der Waals surface area contributed by atoms with Crippen molar-refractivity contribution in [2.24, 2.45) is 0 Å². The number of amides is 2. The van der Waals surface area contributed by atoms with Crippen molar-refractivity contribution in [1.82, 2.24) is 0 Å². The van der Waals surface area contributed by atoms with Crippen LogP contribution in [0.4, 0.5) is 11.4 Å². The minimum atomic E-state index is -0.354. The lowest BCUT2D eigenvalue weighted by Gasteiger charge is -2.21. The molecule has 2 amide bonds. The van der Waals surface area contributed by atoms with Crippen molar-refractivity contribution in [3.63, 3.8) is 0 Å². The van der Waals surface area contributed by atoms with Crippen molar-refractivity contribution in [1.29, 1.82) is 0 Å². The number of benzene rings is 3. The highest BCUT2D eigenvalue weighted by molar-refractivity contribution is 6.46. The van der Waals surface area contributed by atoms with E-state index < -0.39 is 0 Å². The lowest BCUT2D eigenvalue weighted by molar-refractivity contribution is -0.120. The molecule has 0 atom stereocenters. The van der Waals surface area contributed by atoms with Crippen molar-refractivity contribution in [3.05, 3.63) is 101 Å². The number of hydrogen-bond donors (Lipinski definition) is 1. The molecule has 174 valence electrons. The molecular weight excluding hydrogens is 420 g/mol. The van der Waals surface area contributed by atoms with Crippen LogP contribution in [-0.2, 0) is 20.4 Å². The van der Waals surface area contributed by atoms with E-state index >= 15 is 0 Å². The summed E-state index contributed by atoms with van der Waals surface area (Å²) < 4.78 is 0. The third-order valence-electron chi connectivity index (χ3n) is 6.16. The van der Waals surface area contributed by atoms with Crippen LogP contribution in [-0.4, -0.2) is 11.8 Å². The van der Waals surface area contributed by atoms with Crippen molar-refractivity contribution in [2.75, 3.05) is 10.2 Å². The zero-order valence-corrected chi connectivity index (χ0v) is 20.8. The molecule has 3 aromatic carbocycles. The van der Waals surface area contributed by atoms with Crippen LogP contribution in [0.25, 0.3) is 5.57 Å². The van der Waals surface area contributed by atoms with E-state index in [0.717, 1.165) is 11.3 Å². The first-order valence-electron chi connectivity index (χ1n) is 11.6. The summed E-state index contributed by atoms with van der Waals surface area (Å²) in [5.74, 6) is -0.680. The van der Waals surface area contributed by atoms with E-state index in [0.29, 0.717) is 22.5 Å². The second-order valence-electron chi connectivity index (χ2n) is 10.8. The summed E-state index contributed by atoms with van der Waals surface area (Å²) in [6.45, 7) is 12.9. The normalized spacial score (nSPS) is 14.7. The number of nitrogens with one attached hydrogen (secondary N) is 1. The van der Waals surface area contributed by atoms with Crippen molar-refractivity contribution in [3.8, 4) is 0 Å². The standard InChI is InChI=1S/C30H32N2O2/c1-29(2,3)21-12-16-23(17-13-21)31-26-25(20-10-8-7-9-11-20)27(33)32(28(26)34)24-18-14-22(15-19-24)30(4,5)6/h7-19,31H,1-6H3. The van der Waals surface area contributed by atoms with Gasteiger partial charge < -0.3 is 5.32 Å². The Balaban J connectivity index is 1.73. The molecule has 0 saturated carbocycles. The molecule has 0 fully saturated rings. The first-order valence-corrected chi connectivity index (χ1v) is 11.6. The number of hydrogen-bond acceptors (Lipinski definition) is 3. The molecular formula is C30H32N2O2. The van der Waals surface area contributed by atoms with Gasteiger partial charge in [0.2, 0.25) is 0 Å². The zero-order valence-electron chi connectivity index (χ0n) is 20.8. The maximum atomic E-state index is 13.6. The SMILES string of the molecule is CC(C)(C)c1ccc(NC2=C(c3ccccc3)C(=O)N(c3ccc(C(C)(C)C)cc3)C2=O)cc1. The van der Waals surface area contributed by atoms with Crippen LogP contribution in [0.15, 0.2) is 84.6 Å². The van der Waals surface area contributed by atoms with Crippen molar-refractivity contribution < 1.29 is 9.59 Å². The molecule has 1 heterocycles. The Morgan fingerprint density at radius 3 is 1.62 bits per heavy atom. The van der Waals surface area contributed by atoms with Gasteiger partial charge in [0.05, 0.1) is 11.3 Å². The molecule has 1 aliphatic heterocycles. The van der Waals surface area contributed by atoms with E-state index in [2.05, 4.69) is 59.0 Å². The summed E-state index contributed by atoms with van der Waals surface area (Å²) in [5, 5.41) is 3.25. The maximum Gasteiger partial charge on any atom is 0.282 e. The lowest BCUT2D eigenvalue weighted by atomic mass is 9.87. The minimum Gasteiger partial charge on any atom is -0.350 e. The molecule has 0 bridgehead atoms. The van der Waals surface area contributed by atoms with E-state index in [1.54, 1.807) is 0 Å². The fraction of sp³-hybridized carbons (Fsp3) is 0.267. The number of imide groups is 1. The molecule has 0 aromatic heterocycles. The number of carbonyl (C=O) groups is 2. The van der Waals surface area contributed by atoms with Gasteiger partial charge in [-0.25, -0.2) is 4.90 Å². The molecule has 0 unspecified atom stereocenters. The van der Waals surface area contributed by atoms with Crippen LogP contribution in [0, 0.1) is 0 Å². The largest absolute Gasteiger partial charge is 0.350 e. The Labute approximate surface area is 202 Å². The van der Waals surface area contributed by atoms with Crippen LogP contribution in [0.5, 0.6) is 0 Å². The van der Waals surface area contributed by atoms with Crippen LogP contribution < -0.4 is 10.2 Å². The average Bonchev–Trinajstić information content (AvgIpc) is 3.03. The predicted molar refractivity (Wildman–Crippen MR) is 140 cm³/mol. The third-order valence-corrected chi connectivity index (χ3v) is 6.16. The summed E-state index contributed by atoms with van der Waals surface area (Å²) in [5.41, 5.74) is 5.07. The van der Waals surface area contributed by atoms with Gasteiger partial charge in [0.15, 0.2) is 0 Å². The van der Waals surface area contributed by atoms with E-state index in [9.17, 15) is 9.59 Å². The summed E-state index contributed by atoms with van der Waals surface area (Å²) in [6.07, 6.45) is 0. The number of carbonyl (C=O) groups excluding carboxylic acids is 2. The van der Waals surface area contributed by atoms with Gasteiger partial charge in [0.1, 0.15) is 5.70 Å². The summed E-state index contributed by atoms with van der Waals surface area (Å²) in [7, 11) is 0. The summed E-state index contributed by atoms with van der Waals surface area (Å²) in [6, 6.07) is 25.0. The minimum absolute atomic E-state index is 0.0169. The van der Waals surface area contributed by atoms with Gasteiger partial charge >= 0.3 is 0 Å². The van der Waals surface area contributed by atoms with Crippen molar-refractivity contribution in [2.45, 2.75) is 52.4 Å². The van der Waals surface area contributed by atoms with E-state index in [1.807, 2.05) is 66.7 Å². The zero-order chi connectivity index (χ0) is 24.7. The molecule has 1 N–H and O–H groups in total. The number of nitrogens with zero attached hydrogens (tertiary/aromatic N) is 1. The summed E-state index contributed by atoms with van der Waals surface area (Å²) in [4.78, 5) is 28.5. The van der Waals surface area contributed by atoms with E-state index in [-0.39, 0.29) is 22.6 Å². The third kappa shape index (κ3) is 4.54. The average molecular weight is 453 g/mol. The molecule has 0 aliphatic carbocycles. The predicted octanol–water partition coefficient (Wildman–Crippen LogP) is 6.68. The van der Waals surface area contributed by atoms with Crippen LogP contribution in [0.2, 0.25) is 0 Å². The van der Waals surface area contributed by atoms with Gasteiger partial charge in [-0.05, 0) is 51.8 Å². The highest BCUT2D eigenvalue weighted by Gasteiger charge is 2.40. The molecule has 0 saturated heterocycles. The number of anilines is 2. The smallest absolute Gasteiger partial charge is 0.282 e. The lowest BCUT2D eigenvalue weighted by Crippen LogP contribution is -2.32. The first-order chi connectivity index (χ1) is 16.0. The van der Waals surface area contributed by atoms with Crippen LogP contribution >= 0.6 is 0 Å². The Morgan fingerprint density at radius 1 is 0.618 bits per heavy atom. The first kappa shape index (κ1) is 23.5. The van der Waals surface area contributed by atoms with E-state index in [1.165, 1.54) is 10.5 Å². The Kier molecular flexibility index (Phi) is 5.94. The fourth-order valence-corrected chi connectivity index (χ4v) is 4.06. The monoisotopic (exact) mass is 452 g/mol. The Bertz CT molecular complexity index is 1240.